The first-order valence-corrected chi connectivity index (χ1v) is 6.57. The van der Waals surface area contributed by atoms with Crippen LogP contribution in [0.1, 0.15) is 17.4 Å². The zero-order valence-corrected chi connectivity index (χ0v) is 10.9. The van der Waals surface area contributed by atoms with Gasteiger partial charge in [0.2, 0.25) is 0 Å². The topological polar surface area (TPSA) is 80.8 Å². The highest BCUT2D eigenvalue weighted by Crippen LogP contribution is 2.26. The fraction of sp³-hybridized carbons (Fsp3) is 0.167. The molecule has 19 heavy (non-hydrogen) atoms. The molecule has 1 N–H and O–H groups in total. The number of nitrogens with one attached hydrogen (secondary N) is 1. The number of thiazole rings is 1. The Morgan fingerprint density at radius 2 is 2.37 bits per heavy atom. The highest BCUT2D eigenvalue weighted by Gasteiger charge is 2.17. The Hall–Kier alpha value is -2.28. The summed E-state index contributed by atoms with van der Waals surface area (Å²) in [4.78, 5) is 21.2. The number of ether oxygens (including phenoxy) is 1. The van der Waals surface area contributed by atoms with Gasteiger partial charge in [0.05, 0.1) is 34.4 Å². The second kappa shape index (κ2) is 4.77. The Labute approximate surface area is 112 Å². The first kappa shape index (κ1) is 11.8. The fourth-order valence-corrected chi connectivity index (χ4v) is 2.35. The maximum Gasteiger partial charge on any atom is 0.359 e. The Kier molecular flexibility index (Phi) is 2.96. The number of fused-ring (bicyclic) bond motifs is 1. The molecule has 0 aliphatic heterocycles. The van der Waals surface area contributed by atoms with Crippen LogP contribution in [0, 0.1) is 0 Å². The largest absolute Gasteiger partial charge is 0.461 e. The Morgan fingerprint density at radius 3 is 3.11 bits per heavy atom. The quantitative estimate of drug-likeness (QED) is 0.741. The van der Waals surface area contributed by atoms with Gasteiger partial charge in [0.15, 0.2) is 5.69 Å². The summed E-state index contributed by atoms with van der Waals surface area (Å²) in [5.41, 5.74) is 3.26. The highest BCUT2D eigenvalue weighted by atomic mass is 32.1. The summed E-state index contributed by atoms with van der Waals surface area (Å²) in [6.45, 7) is 2.07. The number of esters is 1. The molecule has 0 amide bonds. The van der Waals surface area contributed by atoms with E-state index in [1.807, 2.05) is 6.07 Å². The first-order chi connectivity index (χ1) is 9.29. The molecule has 0 aliphatic carbocycles. The van der Waals surface area contributed by atoms with Gasteiger partial charge in [-0.05, 0) is 13.0 Å². The van der Waals surface area contributed by atoms with Gasteiger partial charge in [-0.2, -0.15) is 5.10 Å². The monoisotopic (exact) mass is 274 g/mol. The summed E-state index contributed by atoms with van der Waals surface area (Å²) in [7, 11) is 0. The smallest absolute Gasteiger partial charge is 0.359 e. The molecule has 3 rings (SSSR count). The van der Waals surface area contributed by atoms with Crippen LogP contribution < -0.4 is 0 Å². The second-order valence-electron chi connectivity index (χ2n) is 3.78. The molecule has 0 fully saturated rings. The van der Waals surface area contributed by atoms with Crippen LogP contribution in [0.4, 0.5) is 0 Å². The summed E-state index contributed by atoms with van der Waals surface area (Å²) < 4.78 is 5.02. The zero-order valence-electron chi connectivity index (χ0n) is 10.1. The van der Waals surface area contributed by atoms with Crippen LogP contribution in [-0.4, -0.2) is 32.7 Å². The molecule has 0 unspecified atom stereocenters. The average molecular weight is 274 g/mol. The molecule has 0 spiro atoms. The summed E-state index contributed by atoms with van der Waals surface area (Å²) in [6.07, 6.45) is 3.37. The van der Waals surface area contributed by atoms with Crippen molar-refractivity contribution in [1.82, 2.24) is 20.2 Å². The molecule has 0 saturated carbocycles. The van der Waals surface area contributed by atoms with E-state index in [1.54, 1.807) is 24.8 Å². The number of aromatic amines is 1. The van der Waals surface area contributed by atoms with Crippen molar-refractivity contribution in [1.29, 1.82) is 0 Å². The van der Waals surface area contributed by atoms with Gasteiger partial charge in [-0.15, -0.1) is 11.3 Å². The standard InChI is InChI=1S/C12H10N4O2S/c1-2-18-12(17)11-10-7(4-14-16-10)3-8(15-11)9-5-13-6-19-9/h3-6H,2H2,1H3,(H,14,16). The van der Waals surface area contributed by atoms with Crippen LogP contribution in [0.2, 0.25) is 0 Å². The van der Waals surface area contributed by atoms with Crippen molar-refractivity contribution in [3.63, 3.8) is 0 Å². The summed E-state index contributed by atoms with van der Waals surface area (Å²) >= 11 is 1.46. The minimum atomic E-state index is -0.455. The van der Waals surface area contributed by atoms with E-state index in [9.17, 15) is 4.79 Å². The third-order valence-electron chi connectivity index (χ3n) is 2.58. The van der Waals surface area contributed by atoms with Gasteiger partial charge >= 0.3 is 5.97 Å². The fourth-order valence-electron chi connectivity index (χ4n) is 1.77. The maximum absolute atomic E-state index is 11.9. The molecule has 0 aliphatic rings. The van der Waals surface area contributed by atoms with E-state index in [0.717, 1.165) is 10.3 Å². The number of rotatable bonds is 3. The van der Waals surface area contributed by atoms with Gasteiger partial charge < -0.3 is 4.74 Å². The SMILES string of the molecule is CCOC(=O)c1nc(-c2cncs2)cc2cn[nH]c12. The lowest BCUT2D eigenvalue weighted by Gasteiger charge is -2.04. The molecular weight excluding hydrogens is 264 g/mol. The van der Waals surface area contributed by atoms with Crippen LogP contribution in [-0.2, 0) is 4.74 Å². The van der Waals surface area contributed by atoms with Crippen molar-refractivity contribution < 1.29 is 9.53 Å². The number of nitrogens with zero attached hydrogens (tertiary/aromatic N) is 3. The number of carbonyl (C=O) groups excluding carboxylic acids is 1. The van der Waals surface area contributed by atoms with Gasteiger partial charge in [-0.1, -0.05) is 0 Å². The normalized spacial score (nSPS) is 10.8. The molecule has 0 aromatic carbocycles. The van der Waals surface area contributed by atoms with E-state index in [1.165, 1.54) is 11.3 Å². The van der Waals surface area contributed by atoms with Crippen LogP contribution in [0.5, 0.6) is 0 Å². The second-order valence-corrected chi connectivity index (χ2v) is 4.66. The molecule has 0 saturated heterocycles. The minimum absolute atomic E-state index is 0.250. The molecule has 96 valence electrons. The lowest BCUT2D eigenvalue weighted by Crippen LogP contribution is -2.08. The third-order valence-corrected chi connectivity index (χ3v) is 3.38. The Bertz CT molecular complexity index is 720. The highest BCUT2D eigenvalue weighted by molar-refractivity contribution is 7.13. The van der Waals surface area contributed by atoms with Crippen molar-refractivity contribution >= 4 is 28.2 Å². The van der Waals surface area contributed by atoms with E-state index in [-0.39, 0.29) is 5.69 Å². The molecule has 6 nitrogen and oxygen atoms in total. The third kappa shape index (κ3) is 2.08. The van der Waals surface area contributed by atoms with Gasteiger partial charge in [0.1, 0.15) is 0 Å². The van der Waals surface area contributed by atoms with Crippen molar-refractivity contribution in [3.05, 3.63) is 29.7 Å². The predicted octanol–water partition coefficient (Wildman–Crippen LogP) is 2.26. The molecular formula is C12H10N4O2S. The van der Waals surface area contributed by atoms with E-state index in [2.05, 4.69) is 20.2 Å². The number of carbonyl (C=O) groups is 1. The van der Waals surface area contributed by atoms with Crippen LogP contribution in [0.3, 0.4) is 0 Å². The van der Waals surface area contributed by atoms with Gasteiger partial charge in [0.25, 0.3) is 0 Å². The molecule has 0 bridgehead atoms. The van der Waals surface area contributed by atoms with Crippen molar-refractivity contribution in [2.75, 3.05) is 6.61 Å². The van der Waals surface area contributed by atoms with Crippen molar-refractivity contribution in [2.45, 2.75) is 6.92 Å². The number of pyridine rings is 1. The van der Waals surface area contributed by atoms with Crippen LogP contribution in [0.25, 0.3) is 21.5 Å². The maximum atomic E-state index is 11.9. The Balaban J connectivity index is 2.18. The van der Waals surface area contributed by atoms with E-state index in [4.69, 9.17) is 4.74 Å². The predicted molar refractivity (Wildman–Crippen MR) is 71.0 cm³/mol. The molecule has 0 atom stereocenters. The van der Waals surface area contributed by atoms with E-state index < -0.39 is 5.97 Å². The number of hydrogen-bond donors (Lipinski definition) is 1. The van der Waals surface area contributed by atoms with Crippen molar-refractivity contribution in [2.24, 2.45) is 0 Å². The number of H-pyrrole nitrogens is 1. The van der Waals surface area contributed by atoms with Crippen LogP contribution in [0.15, 0.2) is 24.0 Å². The first-order valence-electron chi connectivity index (χ1n) is 5.69. The summed E-state index contributed by atoms with van der Waals surface area (Å²) in [5, 5.41) is 7.54. The Morgan fingerprint density at radius 1 is 1.47 bits per heavy atom. The molecule has 3 aromatic heterocycles. The van der Waals surface area contributed by atoms with Crippen molar-refractivity contribution in [3.8, 4) is 10.6 Å². The molecule has 0 radical (unpaired) electrons. The summed E-state index contributed by atoms with van der Waals surface area (Å²) in [5.74, 6) is -0.455. The number of hydrogen-bond acceptors (Lipinski definition) is 6. The number of aromatic nitrogens is 4. The molecule has 3 heterocycles. The lowest BCUT2D eigenvalue weighted by atomic mass is 10.2. The molecule has 7 heteroatoms. The van der Waals surface area contributed by atoms with E-state index >= 15 is 0 Å². The summed E-state index contributed by atoms with van der Waals surface area (Å²) in [6, 6.07) is 1.87. The van der Waals surface area contributed by atoms with Gasteiger partial charge in [0, 0.05) is 11.6 Å². The van der Waals surface area contributed by atoms with Crippen LogP contribution >= 0.6 is 11.3 Å². The lowest BCUT2D eigenvalue weighted by molar-refractivity contribution is 0.0522. The molecule has 3 aromatic rings. The van der Waals surface area contributed by atoms with Gasteiger partial charge in [-0.25, -0.2) is 9.78 Å². The average Bonchev–Trinajstić information content (AvgIpc) is 3.08. The minimum Gasteiger partial charge on any atom is -0.461 e. The zero-order chi connectivity index (χ0) is 13.2. The van der Waals surface area contributed by atoms with Gasteiger partial charge in [-0.3, -0.25) is 10.1 Å². The van der Waals surface area contributed by atoms with E-state index in [0.29, 0.717) is 17.8 Å².